The highest BCUT2D eigenvalue weighted by atomic mass is 79.9. The fourth-order valence-electron chi connectivity index (χ4n) is 2.66. The first-order chi connectivity index (χ1) is 9.54. The van der Waals surface area contributed by atoms with Crippen LogP contribution in [0.3, 0.4) is 0 Å². The topological polar surface area (TPSA) is 12.0 Å². The third-order valence-corrected chi connectivity index (χ3v) is 5.63. The van der Waals surface area contributed by atoms with Crippen molar-refractivity contribution in [3.05, 3.63) is 48.8 Å². The van der Waals surface area contributed by atoms with E-state index >= 15 is 0 Å². The molecule has 1 aliphatic rings. The average Bonchev–Trinajstić information content (AvgIpc) is 2.77. The van der Waals surface area contributed by atoms with Crippen molar-refractivity contribution in [1.82, 2.24) is 0 Å². The Morgan fingerprint density at radius 1 is 1.40 bits per heavy atom. The molecule has 5 heteroatoms. The highest BCUT2D eigenvalue weighted by Crippen LogP contribution is 2.40. The van der Waals surface area contributed by atoms with Gasteiger partial charge in [-0.2, -0.15) is 0 Å². The first-order valence-corrected chi connectivity index (χ1v) is 8.53. The van der Waals surface area contributed by atoms with Crippen molar-refractivity contribution in [2.24, 2.45) is 0 Å². The van der Waals surface area contributed by atoms with Crippen LogP contribution in [0.15, 0.2) is 22.7 Å². The van der Waals surface area contributed by atoms with E-state index in [1.165, 1.54) is 10.4 Å². The minimum absolute atomic E-state index is 0.226. The fourth-order valence-corrected chi connectivity index (χ4v) is 4.39. The molecule has 1 aromatic carbocycles. The average molecular weight is 375 g/mol. The Morgan fingerprint density at radius 2 is 2.20 bits per heavy atom. The smallest absolute Gasteiger partial charge is 0.137 e. The van der Waals surface area contributed by atoms with E-state index in [-0.39, 0.29) is 11.9 Å². The number of benzene rings is 1. The van der Waals surface area contributed by atoms with Crippen molar-refractivity contribution >= 4 is 44.6 Å². The standard InChI is InChI=1S/C15H14BrClFNS/c1-8-5-11(18)10(16)7-13(8)19-12-3-2-4-14-9(12)6-15(17)20-14/h5-7,12,19H,2-4H2,1H3. The number of hydrogen-bond donors (Lipinski definition) is 1. The molecule has 20 heavy (non-hydrogen) atoms. The maximum Gasteiger partial charge on any atom is 0.137 e. The van der Waals surface area contributed by atoms with E-state index in [4.69, 9.17) is 11.6 Å². The van der Waals surface area contributed by atoms with Gasteiger partial charge in [-0.1, -0.05) is 11.6 Å². The molecule has 1 N–H and O–H groups in total. The molecule has 0 saturated carbocycles. The molecule has 1 unspecified atom stereocenters. The second-order valence-corrected chi connectivity index (χ2v) is 7.72. The van der Waals surface area contributed by atoms with Crippen molar-refractivity contribution < 1.29 is 4.39 Å². The number of aryl methyl sites for hydroxylation is 2. The quantitative estimate of drug-likeness (QED) is 0.669. The summed E-state index contributed by atoms with van der Waals surface area (Å²) in [6, 6.07) is 5.69. The van der Waals surface area contributed by atoms with Crippen molar-refractivity contribution in [3.63, 3.8) is 0 Å². The van der Waals surface area contributed by atoms with Crippen molar-refractivity contribution in [1.29, 1.82) is 0 Å². The lowest BCUT2D eigenvalue weighted by atomic mass is 9.93. The largest absolute Gasteiger partial charge is 0.378 e. The third kappa shape index (κ3) is 2.74. The van der Waals surface area contributed by atoms with Crippen LogP contribution < -0.4 is 5.32 Å². The molecule has 1 nitrogen and oxygen atoms in total. The van der Waals surface area contributed by atoms with Crippen LogP contribution >= 0.6 is 38.9 Å². The number of rotatable bonds is 2. The number of thiophene rings is 1. The van der Waals surface area contributed by atoms with Crippen LogP contribution in [0.2, 0.25) is 4.34 Å². The lowest BCUT2D eigenvalue weighted by Gasteiger charge is -2.25. The second kappa shape index (κ2) is 5.66. The summed E-state index contributed by atoms with van der Waals surface area (Å²) in [5.41, 5.74) is 3.18. The molecule has 0 saturated heterocycles. The van der Waals surface area contributed by atoms with Crippen LogP contribution in [0.25, 0.3) is 0 Å². The monoisotopic (exact) mass is 373 g/mol. The predicted molar refractivity (Wildman–Crippen MR) is 87.5 cm³/mol. The van der Waals surface area contributed by atoms with Gasteiger partial charge >= 0.3 is 0 Å². The number of fused-ring (bicyclic) bond motifs is 1. The molecule has 0 amide bonds. The number of anilines is 1. The first kappa shape index (κ1) is 14.4. The molecular weight excluding hydrogens is 361 g/mol. The predicted octanol–water partition coefficient (Wildman–Crippen LogP) is 6.10. The molecular formula is C15H14BrClFNS. The first-order valence-electron chi connectivity index (χ1n) is 6.55. The Hall–Kier alpha value is -0.580. The number of halogens is 3. The van der Waals surface area contributed by atoms with Gasteiger partial charge in [-0.15, -0.1) is 11.3 Å². The van der Waals surface area contributed by atoms with Gasteiger partial charge in [0.05, 0.1) is 14.9 Å². The van der Waals surface area contributed by atoms with Crippen LogP contribution in [0.1, 0.15) is 34.9 Å². The highest BCUT2D eigenvalue weighted by Gasteiger charge is 2.23. The van der Waals surface area contributed by atoms with Crippen LogP contribution in [0.5, 0.6) is 0 Å². The second-order valence-electron chi connectivity index (χ2n) is 5.10. The maximum absolute atomic E-state index is 13.5. The number of nitrogens with one attached hydrogen (secondary N) is 1. The van der Waals surface area contributed by atoms with Gasteiger partial charge in [-0.3, -0.25) is 0 Å². The summed E-state index contributed by atoms with van der Waals surface area (Å²) in [7, 11) is 0. The molecule has 0 radical (unpaired) electrons. The summed E-state index contributed by atoms with van der Waals surface area (Å²) in [4.78, 5) is 1.37. The van der Waals surface area contributed by atoms with Gasteiger partial charge in [-0.05, 0) is 71.4 Å². The zero-order valence-electron chi connectivity index (χ0n) is 11.0. The van der Waals surface area contributed by atoms with Crippen LogP contribution in [0.4, 0.5) is 10.1 Å². The zero-order chi connectivity index (χ0) is 14.3. The van der Waals surface area contributed by atoms with Crippen LogP contribution in [-0.4, -0.2) is 0 Å². The van der Waals surface area contributed by atoms with E-state index in [9.17, 15) is 4.39 Å². The van der Waals surface area contributed by atoms with Crippen molar-refractivity contribution in [2.75, 3.05) is 5.32 Å². The summed E-state index contributed by atoms with van der Waals surface area (Å²) in [6.45, 7) is 1.92. The van der Waals surface area contributed by atoms with E-state index in [1.807, 2.05) is 13.0 Å². The maximum atomic E-state index is 13.5. The summed E-state index contributed by atoms with van der Waals surface area (Å²) >= 11 is 11.0. The van der Waals surface area contributed by atoms with E-state index in [1.54, 1.807) is 17.4 Å². The highest BCUT2D eigenvalue weighted by molar-refractivity contribution is 9.10. The third-order valence-electron chi connectivity index (χ3n) is 3.68. The zero-order valence-corrected chi connectivity index (χ0v) is 14.1. The Labute approximate surface area is 135 Å². The molecule has 0 spiro atoms. The van der Waals surface area contributed by atoms with E-state index in [0.717, 1.165) is 34.8 Å². The van der Waals surface area contributed by atoms with E-state index in [2.05, 4.69) is 27.3 Å². The minimum Gasteiger partial charge on any atom is -0.378 e. The summed E-state index contributed by atoms with van der Waals surface area (Å²) < 4.78 is 14.8. The Morgan fingerprint density at radius 3 is 3.00 bits per heavy atom. The minimum atomic E-state index is -0.226. The summed E-state index contributed by atoms with van der Waals surface area (Å²) in [5.74, 6) is -0.226. The van der Waals surface area contributed by atoms with E-state index in [0.29, 0.717) is 4.47 Å². The Bertz CT molecular complexity index is 656. The van der Waals surface area contributed by atoms with Gasteiger partial charge in [0.15, 0.2) is 0 Å². The SMILES string of the molecule is Cc1cc(F)c(Br)cc1NC1CCCc2sc(Cl)cc21. The molecule has 1 atom stereocenters. The molecule has 0 fully saturated rings. The van der Waals surface area contributed by atoms with Gasteiger partial charge in [0.1, 0.15) is 5.82 Å². The van der Waals surface area contributed by atoms with Crippen LogP contribution in [-0.2, 0) is 6.42 Å². The van der Waals surface area contributed by atoms with Crippen LogP contribution in [0, 0.1) is 12.7 Å². The molecule has 2 aromatic rings. The van der Waals surface area contributed by atoms with Gasteiger partial charge < -0.3 is 5.32 Å². The number of hydrogen-bond acceptors (Lipinski definition) is 2. The van der Waals surface area contributed by atoms with Gasteiger partial charge in [0.25, 0.3) is 0 Å². The molecule has 0 bridgehead atoms. The molecule has 1 heterocycles. The van der Waals surface area contributed by atoms with Gasteiger partial charge in [0.2, 0.25) is 0 Å². The van der Waals surface area contributed by atoms with E-state index < -0.39 is 0 Å². The molecule has 3 rings (SSSR count). The van der Waals surface area contributed by atoms with Gasteiger partial charge in [0, 0.05) is 10.6 Å². The van der Waals surface area contributed by atoms with Gasteiger partial charge in [-0.25, -0.2) is 4.39 Å². The fraction of sp³-hybridized carbons (Fsp3) is 0.333. The normalized spacial score (nSPS) is 17.9. The molecule has 1 aromatic heterocycles. The lowest BCUT2D eigenvalue weighted by Crippen LogP contribution is -2.16. The summed E-state index contributed by atoms with van der Waals surface area (Å²) in [6.07, 6.45) is 3.34. The molecule has 0 aliphatic heterocycles. The summed E-state index contributed by atoms with van der Waals surface area (Å²) in [5, 5.41) is 3.54. The lowest BCUT2D eigenvalue weighted by molar-refractivity contribution is 0.605. The molecule has 1 aliphatic carbocycles. The molecule has 106 valence electrons. The Balaban J connectivity index is 1.91. The Kier molecular flexibility index (Phi) is 4.07. The van der Waals surface area contributed by atoms with Crippen molar-refractivity contribution in [3.8, 4) is 0 Å². The van der Waals surface area contributed by atoms with Crippen molar-refractivity contribution in [2.45, 2.75) is 32.2 Å².